The molecule has 1 heterocycles. The van der Waals surface area contributed by atoms with Gasteiger partial charge in [0.25, 0.3) is 10.0 Å². The van der Waals surface area contributed by atoms with Gasteiger partial charge in [0.2, 0.25) is 5.91 Å². The molecule has 0 atom stereocenters. The highest BCUT2D eigenvalue weighted by Gasteiger charge is 2.18. The summed E-state index contributed by atoms with van der Waals surface area (Å²) in [6.07, 6.45) is 3.64. The second-order valence-corrected chi connectivity index (χ2v) is 9.00. The van der Waals surface area contributed by atoms with Crippen molar-refractivity contribution in [2.45, 2.75) is 37.0 Å². The van der Waals surface area contributed by atoms with Gasteiger partial charge in [0.05, 0.1) is 17.9 Å². The molecule has 3 rings (SSSR count). The smallest absolute Gasteiger partial charge is 0.262 e. The van der Waals surface area contributed by atoms with Crippen molar-refractivity contribution in [2.24, 2.45) is 4.99 Å². The highest BCUT2D eigenvalue weighted by atomic mass is 35.5. The molecule has 0 saturated carbocycles. The minimum atomic E-state index is -3.76. The molecule has 0 aromatic heterocycles. The van der Waals surface area contributed by atoms with Gasteiger partial charge in [0, 0.05) is 23.7 Å². The molecule has 0 unspecified atom stereocenters. The number of halogens is 1. The maximum Gasteiger partial charge on any atom is 0.262 e. The summed E-state index contributed by atoms with van der Waals surface area (Å²) >= 11 is 5.89. The molecule has 0 aliphatic carbocycles. The van der Waals surface area contributed by atoms with Crippen LogP contribution in [0.25, 0.3) is 0 Å². The van der Waals surface area contributed by atoms with Crippen LogP contribution in [0.3, 0.4) is 0 Å². The van der Waals surface area contributed by atoms with E-state index in [9.17, 15) is 13.2 Å². The molecule has 0 spiro atoms. The Bertz CT molecular complexity index is 1020. The Balaban J connectivity index is 1.56. The van der Waals surface area contributed by atoms with Gasteiger partial charge < -0.3 is 10.1 Å². The lowest BCUT2D eigenvalue weighted by atomic mass is 10.2. The van der Waals surface area contributed by atoms with Crippen LogP contribution in [0.1, 0.15) is 32.1 Å². The van der Waals surface area contributed by atoms with Crippen molar-refractivity contribution in [3.63, 3.8) is 0 Å². The van der Waals surface area contributed by atoms with E-state index in [1.165, 1.54) is 12.1 Å². The third-order valence-corrected chi connectivity index (χ3v) is 6.06. The lowest BCUT2D eigenvalue weighted by molar-refractivity contribution is -0.116. The van der Waals surface area contributed by atoms with Gasteiger partial charge in [-0.25, -0.2) is 8.42 Å². The van der Waals surface area contributed by atoms with Crippen LogP contribution in [0, 0.1) is 0 Å². The molecule has 1 aliphatic heterocycles. The largest absolute Gasteiger partial charge is 0.493 e. The quantitative estimate of drug-likeness (QED) is 0.667. The minimum Gasteiger partial charge on any atom is -0.493 e. The standard InChI is InChI=1S/C21H24ClN3O4S/c22-16-6-4-8-18(14-16)29-13-11-21(26)24-17-7-5-9-19(15-17)30(27,28)25-20-10-2-1-3-12-23-20/h4-9,14-15H,1-3,10-13H2,(H,23,25)(H,24,26). The van der Waals surface area contributed by atoms with E-state index < -0.39 is 10.0 Å². The van der Waals surface area contributed by atoms with Crippen LogP contribution >= 0.6 is 11.6 Å². The number of anilines is 1. The number of hydrogen-bond donors (Lipinski definition) is 2. The predicted molar refractivity (Wildman–Crippen MR) is 118 cm³/mol. The summed E-state index contributed by atoms with van der Waals surface area (Å²) in [6.45, 7) is 0.802. The average molecular weight is 450 g/mol. The average Bonchev–Trinajstić information content (AvgIpc) is 2.96. The molecule has 2 aromatic carbocycles. The van der Waals surface area contributed by atoms with Gasteiger partial charge in [-0.1, -0.05) is 30.2 Å². The lowest BCUT2D eigenvalue weighted by Crippen LogP contribution is -2.30. The first kappa shape index (κ1) is 22.1. The first-order valence-corrected chi connectivity index (χ1v) is 11.6. The molecule has 0 bridgehead atoms. The molecular formula is C21H24ClN3O4S. The summed E-state index contributed by atoms with van der Waals surface area (Å²) in [6, 6.07) is 13.0. The van der Waals surface area contributed by atoms with Crippen LogP contribution in [0.4, 0.5) is 5.69 Å². The number of carbonyl (C=O) groups excluding carboxylic acids is 1. The molecule has 0 radical (unpaired) electrons. The van der Waals surface area contributed by atoms with Crippen molar-refractivity contribution < 1.29 is 17.9 Å². The number of ether oxygens (including phenoxy) is 1. The van der Waals surface area contributed by atoms with E-state index in [-0.39, 0.29) is 23.8 Å². The molecule has 7 nitrogen and oxygen atoms in total. The van der Waals surface area contributed by atoms with Crippen molar-refractivity contribution >= 4 is 39.1 Å². The SMILES string of the molecule is O=C(CCOc1cccc(Cl)c1)Nc1cccc(S(=O)(=O)NC2=NCCCCC2)c1. The number of sulfonamides is 1. The lowest BCUT2D eigenvalue weighted by Gasteiger charge is -2.11. The monoisotopic (exact) mass is 449 g/mol. The Morgan fingerprint density at radius 1 is 1.10 bits per heavy atom. The van der Waals surface area contributed by atoms with Crippen LogP contribution < -0.4 is 14.8 Å². The molecular weight excluding hydrogens is 426 g/mol. The van der Waals surface area contributed by atoms with E-state index in [4.69, 9.17) is 16.3 Å². The summed E-state index contributed by atoms with van der Waals surface area (Å²) in [7, 11) is -3.76. The van der Waals surface area contributed by atoms with Gasteiger partial charge >= 0.3 is 0 Å². The number of aliphatic imine (C=N–C) groups is 1. The van der Waals surface area contributed by atoms with Gasteiger partial charge in [0.15, 0.2) is 0 Å². The van der Waals surface area contributed by atoms with E-state index in [0.29, 0.717) is 35.3 Å². The molecule has 160 valence electrons. The van der Waals surface area contributed by atoms with E-state index >= 15 is 0 Å². The molecule has 30 heavy (non-hydrogen) atoms. The second-order valence-electron chi connectivity index (χ2n) is 6.88. The Morgan fingerprint density at radius 3 is 2.77 bits per heavy atom. The second kappa shape index (κ2) is 10.4. The van der Waals surface area contributed by atoms with Gasteiger partial charge in [-0.05, 0) is 49.2 Å². The zero-order valence-corrected chi connectivity index (χ0v) is 18.0. The van der Waals surface area contributed by atoms with E-state index in [2.05, 4.69) is 15.0 Å². The number of nitrogens with zero attached hydrogens (tertiary/aromatic N) is 1. The maximum atomic E-state index is 12.7. The maximum absolute atomic E-state index is 12.7. The van der Waals surface area contributed by atoms with Crippen molar-refractivity contribution in [2.75, 3.05) is 18.5 Å². The fraction of sp³-hybridized carbons (Fsp3) is 0.333. The van der Waals surface area contributed by atoms with Crippen molar-refractivity contribution in [1.29, 1.82) is 0 Å². The summed E-state index contributed by atoms with van der Waals surface area (Å²) in [5.74, 6) is 0.781. The van der Waals surface area contributed by atoms with Crippen molar-refractivity contribution in [3.8, 4) is 5.75 Å². The number of carbonyl (C=O) groups is 1. The summed E-state index contributed by atoms with van der Waals surface area (Å²) in [4.78, 5) is 16.6. The minimum absolute atomic E-state index is 0.0717. The van der Waals surface area contributed by atoms with E-state index in [1.54, 1.807) is 36.4 Å². The fourth-order valence-electron chi connectivity index (χ4n) is 2.95. The summed E-state index contributed by atoms with van der Waals surface area (Å²) in [5.41, 5.74) is 0.397. The molecule has 2 N–H and O–H groups in total. The molecule has 1 aliphatic rings. The molecule has 1 amide bonds. The third kappa shape index (κ3) is 6.74. The van der Waals surface area contributed by atoms with Gasteiger partial charge in [0.1, 0.15) is 11.6 Å². The summed E-state index contributed by atoms with van der Waals surface area (Å²) in [5, 5.41) is 3.25. The highest BCUT2D eigenvalue weighted by molar-refractivity contribution is 7.90. The van der Waals surface area contributed by atoms with Crippen molar-refractivity contribution in [1.82, 2.24) is 4.72 Å². The number of benzene rings is 2. The molecule has 2 aromatic rings. The van der Waals surface area contributed by atoms with Gasteiger partial charge in [-0.3, -0.25) is 14.5 Å². The predicted octanol–water partition coefficient (Wildman–Crippen LogP) is 4.00. The highest BCUT2D eigenvalue weighted by Crippen LogP contribution is 2.18. The topological polar surface area (TPSA) is 96.9 Å². The zero-order valence-electron chi connectivity index (χ0n) is 16.4. The number of rotatable bonds is 7. The van der Waals surface area contributed by atoms with Crippen LogP contribution in [0.2, 0.25) is 5.02 Å². The number of amides is 1. The van der Waals surface area contributed by atoms with Crippen LogP contribution in [0.15, 0.2) is 58.4 Å². The zero-order chi connectivity index (χ0) is 21.4. The number of amidine groups is 1. The Morgan fingerprint density at radius 2 is 1.93 bits per heavy atom. The van der Waals surface area contributed by atoms with Crippen molar-refractivity contribution in [3.05, 3.63) is 53.6 Å². The third-order valence-electron chi connectivity index (χ3n) is 4.45. The summed E-state index contributed by atoms with van der Waals surface area (Å²) < 4.78 is 33.4. The van der Waals surface area contributed by atoms with Crippen LogP contribution in [-0.4, -0.2) is 33.3 Å². The molecule has 0 fully saturated rings. The fourth-order valence-corrected chi connectivity index (χ4v) is 4.27. The van der Waals surface area contributed by atoms with E-state index in [0.717, 1.165) is 19.3 Å². The van der Waals surface area contributed by atoms with Crippen LogP contribution in [0.5, 0.6) is 5.75 Å². The first-order chi connectivity index (χ1) is 14.4. The Hall–Kier alpha value is -2.58. The molecule has 0 saturated heterocycles. The normalized spacial score (nSPS) is 14.4. The number of hydrogen-bond acceptors (Lipinski definition) is 5. The first-order valence-electron chi connectivity index (χ1n) is 9.77. The Kier molecular flexibility index (Phi) is 7.70. The Labute approximate surface area is 181 Å². The van der Waals surface area contributed by atoms with E-state index in [1.807, 2.05) is 0 Å². The van der Waals surface area contributed by atoms with Crippen LogP contribution in [-0.2, 0) is 14.8 Å². The molecule has 9 heteroatoms. The van der Waals surface area contributed by atoms with Gasteiger partial charge in [-0.2, -0.15) is 0 Å². The number of nitrogens with one attached hydrogen (secondary N) is 2. The van der Waals surface area contributed by atoms with Gasteiger partial charge in [-0.15, -0.1) is 0 Å².